The monoisotopic (exact) mass is 248 g/mol. The highest BCUT2D eigenvalue weighted by Crippen LogP contribution is 2.08. The van der Waals surface area contributed by atoms with Crippen LogP contribution in [0.15, 0.2) is 4.99 Å². The van der Waals surface area contributed by atoms with Crippen LogP contribution in [0, 0.1) is 0 Å². The van der Waals surface area contributed by atoms with Crippen molar-refractivity contribution in [2.45, 2.75) is 18.9 Å². The third-order valence-electron chi connectivity index (χ3n) is 2.43. The molecule has 0 atom stereocenters. The number of nitrogens with one attached hydrogen (secondary N) is 2. The van der Waals surface area contributed by atoms with Crippen LogP contribution in [0.1, 0.15) is 12.8 Å². The van der Waals surface area contributed by atoms with E-state index < -0.39 is 10.8 Å². The number of hydrogen-bond acceptors (Lipinski definition) is 4. The van der Waals surface area contributed by atoms with E-state index in [0.717, 1.165) is 24.3 Å². The van der Waals surface area contributed by atoms with E-state index in [1.807, 2.05) is 0 Å². The van der Waals surface area contributed by atoms with Crippen LogP contribution in [0.25, 0.3) is 0 Å². The van der Waals surface area contributed by atoms with E-state index in [4.69, 9.17) is 10.6 Å². The lowest BCUT2D eigenvalue weighted by atomic mass is 10.2. The Kier molecular flexibility index (Phi) is 6.36. The van der Waals surface area contributed by atoms with E-state index >= 15 is 0 Å². The first-order valence-corrected chi connectivity index (χ1v) is 6.86. The minimum absolute atomic E-state index is 0.315. The minimum atomic E-state index is -0.636. The summed E-state index contributed by atoms with van der Waals surface area (Å²) < 4.78 is 16.1. The Hall–Kier alpha value is -0.660. The van der Waals surface area contributed by atoms with Crippen LogP contribution in [0.5, 0.6) is 0 Å². The lowest BCUT2D eigenvalue weighted by Crippen LogP contribution is -2.48. The summed E-state index contributed by atoms with van der Waals surface area (Å²) in [6.07, 6.45) is 1.80. The van der Waals surface area contributed by atoms with Gasteiger partial charge in [-0.25, -0.2) is 10.8 Å². The maximum atomic E-state index is 11.2. The van der Waals surface area contributed by atoms with Crippen molar-refractivity contribution in [1.29, 1.82) is 0 Å². The molecule has 0 amide bonds. The second kappa shape index (κ2) is 7.59. The summed E-state index contributed by atoms with van der Waals surface area (Å²) in [5.74, 6) is 7.45. The molecule has 94 valence electrons. The topological polar surface area (TPSA) is 88.7 Å². The SMILES string of the molecule is COCCN=C(NN)NC1CCS(=O)CC1. The van der Waals surface area contributed by atoms with E-state index in [-0.39, 0.29) is 0 Å². The molecule has 16 heavy (non-hydrogen) atoms. The van der Waals surface area contributed by atoms with Gasteiger partial charge in [0.25, 0.3) is 0 Å². The number of ether oxygens (including phenoxy) is 1. The molecule has 1 heterocycles. The second-order valence-corrected chi connectivity index (χ2v) is 5.33. The number of nitrogens with zero attached hydrogens (tertiary/aromatic N) is 1. The summed E-state index contributed by atoms with van der Waals surface area (Å²) in [5, 5.41) is 3.21. The Bertz CT molecular complexity index is 250. The third kappa shape index (κ3) is 4.91. The van der Waals surface area contributed by atoms with Gasteiger partial charge in [0.15, 0.2) is 0 Å². The van der Waals surface area contributed by atoms with Gasteiger partial charge < -0.3 is 10.1 Å². The molecule has 0 unspecified atom stereocenters. The number of rotatable bonds is 4. The van der Waals surface area contributed by atoms with Crippen LogP contribution in [0.4, 0.5) is 0 Å². The van der Waals surface area contributed by atoms with Crippen molar-refractivity contribution in [3.8, 4) is 0 Å². The zero-order valence-electron chi connectivity index (χ0n) is 9.57. The van der Waals surface area contributed by atoms with Crippen molar-refractivity contribution < 1.29 is 8.95 Å². The highest BCUT2D eigenvalue weighted by atomic mass is 32.2. The molecule has 1 saturated heterocycles. The lowest BCUT2D eigenvalue weighted by Gasteiger charge is -2.23. The largest absolute Gasteiger partial charge is 0.383 e. The Balaban J connectivity index is 2.32. The number of methoxy groups -OCH3 is 1. The zero-order valence-corrected chi connectivity index (χ0v) is 10.4. The number of nitrogens with two attached hydrogens (primary N) is 1. The van der Waals surface area contributed by atoms with E-state index in [1.54, 1.807) is 7.11 Å². The van der Waals surface area contributed by atoms with Gasteiger partial charge >= 0.3 is 0 Å². The van der Waals surface area contributed by atoms with Gasteiger partial charge in [0.1, 0.15) is 0 Å². The lowest BCUT2D eigenvalue weighted by molar-refractivity contribution is 0.208. The Morgan fingerprint density at radius 3 is 2.81 bits per heavy atom. The molecule has 0 spiro atoms. The van der Waals surface area contributed by atoms with Crippen LogP contribution < -0.4 is 16.6 Å². The predicted octanol–water partition coefficient (Wildman–Crippen LogP) is -1.05. The van der Waals surface area contributed by atoms with Crippen molar-refractivity contribution >= 4 is 16.8 Å². The smallest absolute Gasteiger partial charge is 0.206 e. The molecule has 1 rings (SSSR count). The molecule has 0 aromatic heterocycles. The molecule has 4 N–H and O–H groups in total. The van der Waals surface area contributed by atoms with Crippen LogP contribution >= 0.6 is 0 Å². The van der Waals surface area contributed by atoms with E-state index in [0.29, 0.717) is 25.2 Å². The first-order chi connectivity index (χ1) is 7.76. The molecule has 1 fully saturated rings. The van der Waals surface area contributed by atoms with Crippen molar-refractivity contribution in [3.63, 3.8) is 0 Å². The molecule has 7 heteroatoms. The van der Waals surface area contributed by atoms with Crippen molar-refractivity contribution in [1.82, 2.24) is 10.7 Å². The predicted molar refractivity (Wildman–Crippen MR) is 65.5 cm³/mol. The number of hydrazine groups is 1. The van der Waals surface area contributed by atoms with Gasteiger partial charge in [-0.3, -0.25) is 9.63 Å². The molecular formula is C9H20N4O2S. The summed E-state index contributed by atoms with van der Waals surface area (Å²) >= 11 is 0. The maximum absolute atomic E-state index is 11.2. The standard InChI is InChI=1S/C9H20N4O2S/c1-15-5-4-11-9(13-10)12-8-2-6-16(14)7-3-8/h8H,2-7,10H2,1H3,(H2,11,12,13). The normalized spacial score (nSPS) is 26.5. The number of hydrogen-bond donors (Lipinski definition) is 3. The Labute approximate surface area is 98.4 Å². The summed E-state index contributed by atoms with van der Waals surface area (Å²) in [4.78, 5) is 4.21. The van der Waals surface area contributed by atoms with Crippen molar-refractivity contribution in [3.05, 3.63) is 0 Å². The van der Waals surface area contributed by atoms with Gasteiger partial charge in [0, 0.05) is 35.5 Å². The van der Waals surface area contributed by atoms with E-state index in [2.05, 4.69) is 15.7 Å². The average molecular weight is 248 g/mol. The maximum Gasteiger partial charge on any atom is 0.206 e. The Morgan fingerprint density at radius 2 is 2.25 bits per heavy atom. The highest BCUT2D eigenvalue weighted by Gasteiger charge is 2.18. The minimum Gasteiger partial charge on any atom is -0.383 e. The van der Waals surface area contributed by atoms with Gasteiger partial charge in [0.2, 0.25) is 5.96 Å². The van der Waals surface area contributed by atoms with Crippen LogP contribution in [-0.2, 0) is 15.5 Å². The molecule has 0 bridgehead atoms. The molecule has 0 aliphatic carbocycles. The summed E-state index contributed by atoms with van der Waals surface area (Å²) in [6, 6.07) is 0.315. The fourth-order valence-corrected chi connectivity index (χ4v) is 2.81. The van der Waals surface area contributed by atoms with Crippen molar-refractivity contribution in [2.24, 2.45) is 10.8 Å². The first-order valence-electron chi connectivity index (χ1n) is 5.37. The molecular weight excluding hydrogens is 228 g/mol. The molecule has 6 nitrogen and oxygen atoms in total. The molecule has 1 aliphatic heterocycles. The third-order valence-corrected chi connectivity index (χ3v) is 3.81. The molecule has 0 aromatic carbocycles. The van der Waals surface area contributed by atoms with Gasteiger partial charge in [-0.1, -0.05) is 0 Å². The first kappa shape index (κ1) is 13.4. The van der Waals surface area contributed by atoms with Crippen LogP contribution in [-0.4, -0.2) is 48.0 Å². The van der Waals surface area contributed by atoms with Crippen molar-refractivity contribution in [2.75, 3.05) is 31.8 Å². The molecule has 0 aromatic rings. The zero-order chi connectivity index (χ0) is 11.8. The Morgan fingerprint density at radius 1 is 1.56 bits per heavy atom. The summed E-state index contributed by atoms with van der Waals surface area (Å²) in [7, 11) is 0.998. The summed E-state index contributed by atoms with van der Waals surface area (Å²) in [5.41, 5.74) is 2.53. The van der Waals surface area contributed by atoms with Gasteiger partial charge in [-0.2, -0.15) is 0 Å². The fraction of sp³-hybridized carbons (Fsp3) is 0.889. The molecule has 0 saturated carbocycles. The van der Waals surface area contributed by atoms with Gasteiger partial charge in [-0.05, 0) is 12.8 Å². The molecule has 0 radical (unpaired) electrons. The van der Waals surface area contributed by atoms with Gasteiger partial charge in [-0.15, -0.1) is 0 Å². The van der Waals surface area contributed by atoms with Crippen LogP contribution in [0.2, 0.25) is 0 Å². The second-order valence-electron chi connectivity index (χ2n) is 3.63. The number of aliphatic imine (C=N–C) groups is 1. The van der Waals surface area contributed by atoms with Crippen LogP contribution in [0.3, 0.4) is 0 Å². The van der Waals surface area contributed by atoms with E-state index in [9.17, 15) is 4.21 Å². The number of guanidine groups is 1. The van der Waals surface area contributed by atoms with E-state index in [1.165, 1.54) is 0 Å². The van der Waals surface area contributed by atoms with Gasteiger partial charge in [0.05, 0.1) is 13.2 Å². The molecule has 1 aliphatic rings. The fourth-order valence-electron chi connectivity index (χ4n) is 1.51. The summed E-state index contributed by atoms with van der Waals surface area (Å²) in [6.45, 7) is 1.14. The highest BCUT2D eigenvalue weighted by molar-refractivity contribution is 7.85. The average Bonchev–Trinajstić information content (AvgIpc) is 2.31. The quantitative estimate of drug-likeness (QED) is 0.194.